The highest BCUT2D eigenvalue weighted by molar-refractivity contribution is 6.32. The fourth-order valence-corrected chi connectivity index (χ4v) is 4.63. The van der Waals surface area contributed by atoms with Crippen LogP contribution in [0.15, 0.2) is 54.6 Å². The molecule has 34 heavy (non-hydrogen) atoms. The average molecular weight is 483 g/mol. The van der Waals surface area contributed by atoms with Crippen LogP contribution in [0, 0.1) is 5.41 Å². The van der Waals surface area contributed by atoms with Gasteiger partial charge in [0.25, 0.3) is 0 Å². The second-order valence-corrected chi connectivity index (χ2v) is 9.29. The number of hydrogen-bond donors (Lipinski definition) is 1. The Balaban J connectivity index is 1.37. The Morgan fingerprint density at radius 1 is 1.06 bits per heavy atom. The second-order valence-electron chi connectivity index (χ2n) is 8.88. The van der Waals surface area contributed by atoms with Crippen molar-refractivity contribution in [3.05, 3.63) is 70.7 Å². The molecule has 4 rings (SSSR count). The molecule has 3 aromatic carbocycles. The molecule has 0 aromatic heterocycles. The fourth-order valence-electron chi connectivity index (χ4n) is 4.43. The minimum Gasteiger partial charge on any atom is -0.496 e. The summed E-state index contributed by atoms with van der Waals surface area (Å²) in [4.78, 5) is 24.5. The Bertz CT molecular complexity index is 1210. The Labute approximate surface area is 203 Å². The summed E-state index contributed by atoms with van der Waals surface area (Å²) in [6, 6.07) is 16.8. The standard InChI is InChI=1S/C27H27ClO6/c1-27(26(31)33-16-18-8-5-7-17-6-3-4-9-20(17)18)12-10-19(11-13-27)34-24-14-21(25(29)30)23(32-2)15-22(24)28/h3-9,14-15,19H,10-13,16H2,1-2H3,(H,29,30)/t19-,27+. The Kier molecular flexibility index (Phi) is 6.98. The lowest BCUT2D eigenvalue weighted by Gasteiger charge is -2.35. The summed E-state index contributed by atoms with van der Waals surface area (Å²) in [6.07, 6.45) is 2.29. The summed E-state index contributed by atoms with van der Waals surface area (Å²) in [5.74, 6) is -0.861. The maximum Gasteiger partial charge on any atom is 0.339 e. The lowest BCUT2D eigenvalue weighted by molar-refractivity contribution is -0.159. The van der Waals surface area contributed by atoms with Crippen molar-refractivity contribution in [1.29, 1.82) is 0 Å². The van der Waals surface area contributed by atoms with E-state index in [1.54, 1.807) is 0 Å². The number of methoxy groups -OCH3 is 1. The molecule has 1 saturated carbocycles. The number of fused-ring (bicyclic) bond motifs is 1. The first-order valence-corrected chi connectivity index (χ1v) is 11.6. The SMILES string of the molecule is COc1cc(Cl)c(O[C@H]2CC[C@@](C)(C(=O)OCc3cccc4ccccc34)CC2)cc1C(=O)O. The van der Waals surface area contributed by atoms with Gasteiger partial charge < -0.3 is 19.3 Å². The van der Waals surface area contributed by atoms with Crippen LogP contribution >= 0.6 is 11.6 Å². The molecule has 0 aliphatic heterocycles. The van der Waals surface area contributed by atoms with Crippen molar-refractivity contribution < 1.29 is 28.9 Å². The summed E-state index contributed by atoms with van der Waals surface area (Å²) in [7, 11) is 1.39. The molecule has 178 valence electrons. The minimum absolute atomic E-state index is 0.0143. The number of carboxylic acids is 1. The van der Waals surface area contributed by atoms with Gasteiger partial charge in [-0.3, -0.25) is 4.79 Å². The van der Waals surface area contributed by atoms with Gasteiger partial charge in [0.2, 0.25) is 0 Å². The summed E-state index contributed by atoms with van der Waals surface area (Å²) in [6.45, 7) is 2.16. The van der Waals surface area contributed by atoms with Gasteiger partial charge in [-0.1, -0.05) is 54.1 Å². The zero-order valence-electron chi connectivity index (χ0n) is 19.2. The van der Waals surface area contributed by atoms with E-state index in [0.29, 0.717) is 31.4 Å². The average Bonchev–Trinajstić information content (AvgIpc) is 2.84. The van der Waals surface area contributed by atoms with E-state index in [2.05, 4.69) is 0 Å². The highest BCUT2D eigenvalue weighted by atomic mass is 35.5. The first-order chi connectivity index (χ1) is 16.3. The van der Waals surface area contributed by atoms with Crippen molar-refractivity contribution >= 4 is 34.3 Å². The van der Waals surface area contributed by atoms with Gasteiger partial charge in [-0.15, -0.1) is 0 Å². The maximum absolute atomic E-state index is 13.0. The number of benzene rings is 3. The van der Waals surface area contributed by atoms with Gasteiger partial charge in [0, 0.05) is 6.07 Å². The number of carbonyl (C=O) groups excluding carboxylic acids is 1. The molecule has 0 unspecified atom stereocenters. The molecule has 0 atom stereocenters. The molecule has 3 aromatic rings. The van der Waals surface area contributed by atoms with Crippen LogP contribution in [0.5, 0.6) is 11.5 Å². The van der Waals surface area contributed by atoms with Crippen LogP contribution in [0.2, 0.25) is 5.02 Å². The van der Waals surface area contributed by atoms with E-state index < -0.39 is 11.4 Å². The van der Waals surface area contributed by atoms with Crippen molar-refractivity contribution in [2.75, 3.05) is 7.11 Å². The topological polar surface area (TPSA) is 82.1 Å². The quantitative estimate of drug-likeness (QED) is 0.399. The second kappa shape index (κ2) is 9.94. The molecule has 0 radical (unpaired) electrons. The lowest BCUT2D eigenvalue weighted by Crippen LogP contribution is -2.37. The first kappa shape index (κ1) is 23.9. The van der Waals surface area contributed by atoms with E-state index in [1.165, 1.54) is 19.2 Å². The number of esters is 1. The van der Waals surface area contributed by atoms with Crippen molar-refractivity contribution in [3.63, 3.8) is 0 Å². The van der Waals surface area contributed by atoms with E-state index >= 15 is 0 Å². The zero-order chi connectivity index (χ0) is 24.3. The molecule has 1 aliphatic carbocycles. The molecular formula is C27H27ClO6. The third kappa shape index (κ3) is 4.97. The van der Waals surface area contributed by atoms with E-state index in [9.17, 15) is 14.7 Å². The van der Waals surface area contributed by atoms with Crippen molar-refractivity contribution in [1.82, 2.24) is 0 Å². The van der Waals surface area contributed by atoms with Crippen molar-refractivity contribution in [3.8, 4) is 11.5 Å². The summed E-state index contributed by atoms with van der Waals surface area (Å²) < 4.78 is 16.9. The van der Waals surface area contributed by atoms with E-state index in [-0.39, 0.29) is 35.0 Å². The number of carbonyl (C=O) groups is 2. The molecule has 0 bridgehead atoms. The largest absolute Gasteiger partial charge is 0.496 e. The number of rotatable bonds is 7. The van der Waals surface area contributed by atoms with Gasteiger partial charge in [0.1, 0.15) is 23.7 Å². The van der Waals surface area contributed by atoms with Crippen LogP contribution < -0.4 is 9.47 Å². The normalized spacial score (nSPS) is 20.0. The van der Waals surface area contributed by atoms with E-state index in [1.807, 2.05) is 49.4 Å². The molecule has 1 fully saturated rings. The van der Waals surface area contributed by atoms with Crippen LogP contribution in [0.4, 0.5) is 0 Å². The monoisotopic (exact) mass is 482 g/mol. The molecule has 1 aliphatic rings. The van der Waals surface area contributed by atoms with Crippen molar-refractivity contribution in [2.45, 2.75) is 45.3 Å². The van der Waals surface area contributed by atoms with Gasteiger partial charge in [-0.25, -0.2) is 4.79 Å². The first-order valence-electron chi connectivity index (χ1n) is 11.2. The van der Waals surface area contributed by atoms with Gasteiger partial charge in [-0.05, 0) is 55.0 Å². The molecule has 0 heterocycles. The number of carboxylic acid groups (broad SMARTS) is 1. The van der Waals surface area contributed by atoms with Crippen LogP contribution in [-0.2, 0) is 16.1 Å². The van der Waals surface area contributed by atoms with Gasteiger partial charge >= 0.3 is 11.9 Å². The van der Waals surface area contributed by atoms with Crippen LogP contribution in [0.3, 0.4) is 0 Å². The molecule has 0 spiro atoms. The third-order valence-electron chi connectivity index (χ3n) is 6.55. The minimum atomic E-state index is -1.12. The van der Waals surface area contributed by atoms with E-state index in [4.69, 9.17) is 25.8 Å². The maximum atomic E-state index is 13.0. The van der Waals surface area contributed by atoms with Gasteiger partial charge in [0.15, 0.2) is 0 Å². The highest BCUT2D eigenvalue weighted by Gasteiger charge is 2.39. The summed E-state index contributed by atoms with van der Waals surface area (Å²) >= 11 is 6.28. The molecule has 0 saturated heterocycles. The highest BCUT2D eigenvalue weighted by Crippen LogP contribution is 2.40. The Morgan fingerprint density at radius 3 is 2.47 bits per heavy atom. The molecular weight excluding hydrogens is 456 g/mol. The smallest absolute Gasteiger partial charge is 0.339 e. The Hall–Kier alpha value is -3.25. The molecule has 7 heteroatoms. The van der Waals surface area contributed by atoms with Crippen LogP contribution in [0.1, 0.15) is 48.5 Å². The number of hydrogen-bond acceptors (Lipinski definition) is 5. The van der Waals surface area contributed by atoms with E-state index in [0.717, 1.165) is 16.3 Å². The zero-order valence-corrected chi connectivity index (χ0v) is 19.9. The third-order valence-corrected chi connectivity index (χ3v) is 6.84. The number of halogens is 1. The number of ether oxygens (including phenoxy) is 3. The summed E-state index contributed by atoms with van der Waals surface area (Å²) in [5, 5.41) is 11.9. The number of aromatic carboxylic acids is 1. The fraction of sp³-hybridized carbons (Fsp3) is 0.333. The van der Waals surface area contributed by atoms with Crippen LogP contribution in [0.25, 0.3) is 10.8 Å². The van der Waals surface area contributed by atoms with Gasteiger partial charge in [0.05, 0.1) is 23.7 Å². The van der Waals surface area contributed by atoms with Crippen molar-refractivity contribution in [2.24, 2.45) is 5.41 Å². The van der Waals surface area contributed by atoms with Crippen LogP contribution in [-0.4, -0.2) is 30.3 Å². The lowest BCUT2D eigenvalue weighted by atomic mass is 9.74. The predicted octanol–water partition coefficient (Wildman–Crippen LogP) is 6.27. The Morgan fingerprint density at radius 2 is 1.76 bits per heavy atom. The molecule has 6 nitrogen and oxygen atoms in total. The molecule has 0 amide bonds. The summed E-state index contributed by atoms with van der Waals surface area (Å²) in [5.41, 5.74) is 0.371. The predicted molar refractivity (Wildman–Crippen MR) is 130 cm³/mol. The molecule has 1 N–H and O–H groups in total. The van der Waals surface area contributed by atoms with Gasteiger partial charge in [-0.2, -0.15) is 0 Å².